The number of rotatable bonds is 6. The molecular weight excluding hydrogens is 402 g/mol. The number of anilines is 1. The first-order valence-electron chi connectivity index (χ1n) is 10.6. The molecule has 1 aromatic carbocycles. The average Bonchev–Trinajstić information content (AvgIpc) is 3.36. The van der Waals surface area contributed by atoms with Gasteiger partial charge in [0, 0.05) is 36.1 Å². The molecule has 6 nitrogen and oxygen atoms in total. The molecule has 1 aliphatic heterocycles. The van der Waals surface area contributed by atoms with Gasteiger partial charge >= 0.3 is 0 Å². The van der Waals surface area contributed by atoms with E-state index in [0.717, 1.165) is 54.3 Å². The number of likely N-dealkylation sites (N-methyl/N-ethyl adjacent to an activating group) is 1. The maximum atomic E-state index is 13.9. The van der Waals surface area contributed by atoms with Crippen molar-refractivity contribution in [3.63, 3.8) is 0 Å². The summed E-state index contributed by atoms with van der Waals surface area (Å²) in [5.41, 5.74) is 4.60. The lowest BCUT2D eigenvalue weighted by molar-refractivity contribution is -0.110. The van der Waals surface area contributed by atoms with Gasteiger partial charge in [0.2, 0.25) is 0 Å². The Morgan fingerprint density at radius 3 is 2.58 bits per heavy atom. The summed E-state index contributed by atoms with van der Waals surface area (Å²) in [6, 6.07) is 2.06. The standard InChI is InChI=1S/C23H26F2N4O2/c1-4-29(5-2)9-8-26-22(30)19-12(3)27-21-13(19)6-7-14(21)20-15-10-16(24)17(25)11-18(15)28-23(20)31/h10-11,27H,4-9H2,1-3H3,(H,26,30)(H,28,31)/b20-14-. The zero-order chi connectivity index (χ0) is 22.3. The highest BCUT2D eigenvalue weighted by Gasteiger charge is 2.35. The molecule has 0 unspecified atom stereocenters. The Labute approximate surface area is 179 Å². The molecule has 3 N–H and O–H groups in total. The van der Waals surface area contributed by atoms with Crippen LogP contribution in [0.5, 0.6) is 0 Å². The second kappa shape index (κ2) is 8.26. The summed E-state index contributed by atoms with van der Waals surface area (Å²) in [5, 5.41) is 5.61. The lowest BCUT2D eigenvalue weighted by Crippen LogP contribution is -2.35. The number of hydrogen-bond acceptors (Lipinski definition) is 3. The van der Waals surface area contributed by atoms with Gasteiger partial charge in [0.1, 0.15) is 0 Å². The molecule has 0 radical (unpaired) electrons. The predicted molar refractivity (Wildman–Crippen MR) is 116 cm³/mol. The van der Waals surface area contributed by atoms with E-state index in [2.05, 4.69) is 34.4 Å². The molecule has 8 heteroatoms. The van der Waals surface area contributed by atoms with Crippen molar-refractivity contribution in [2.45, 2.75) is 33.6 Å². The molecule has 2 aromatic rings. The van der Waals surface area contributed by atoms with E-state index in [0.29, 0.717) is 36.1 Å². The van der Waals surface area contributed by atoms with Crippen molar-refractivity contribution in [3.05, 3.63) is 51.8 Å². The molecule has 1 aromatic heterocycles. The van der Waals surface area contributed by atoms with Crippen molar-refractivity contribution in [2.75, 3.05) is 31.5 Å². The molecule has 0 fully saturated rings. The maximum absolute atomic E-state index is 13.9. The number of nitrogens with zero attached hydrogens (tertiary/aromatic N) is 1. The van der Waals surface area contributed by atoms with Crippen LogP contribution >= 0.6 is 0 Å². The molecule has 164 valence electrons. The number of allylic oxidation sites excluding steroid dienone is 1. The van der Waals surface area contributed by atoms with Gasteiger partial charge in [-0.2, -0.15) is 0 Å². The van der Waals surface area contributed by atoms with Crippen molar-refractivity contribution < 1.29 is 18.4 Å². The third-order valence-corrected chi connectivity index (χ3v) is 6.16. The number of H-pyrrole nitrogens is 1. The first-order valence-corrected chi connectivity index (χ1v) is 10.6. The first kappa shape index (κ1) is 21.2. The lowest BCUT2D eigenvalue weighted by Gasteiger charge is -2.18. The fourth-order valence-corrected chi connectivity index (χ4v) is 4.54. The molecule has 0 atom stereocenters. The number of carbonyl (C=O) groups excluding carboxylic acids is 2. The Balaban J connectivity index is 1.65. The van der Waals surface area contributed by atoms with E-state index in [-0.39, 0.29) is 17.5 Å². The summed E-state index contributed by atoms with van der Waals surface area (Å²) in [6.45, 7) is 9.18. The van der Waals surface area contributed by atoms with Crippen molar-refractivity contribution in [1.29, 1.82) is 0 Å². The van der Waals surface area contributed by atoms with Crippen molar-refractivity contribution in [2.24, 2.45) is 0 Å². The number of carbonyl (C=O) groups is 2. The molecule has 0 bridgehead atoms. The third kappa shape index (κ3) is 3.65. The molecule has 0 spiro atoms. The molecule has 31 heavy (non-hydrogen) atoms. The topological polar surface area (TPSA) is 77.2 Å². The van der Waals surface area contributed by atoms with Crippen LogP contribution in [0.4, 0.5) is 14.5 Å². The van der Waals surface area contributed by atoms with Crippen molar-refractivity contribution in [1.82, 2.24) is 15.2 Å². The van der Waals surface area contributed by atoms with Gasteiger partial charge < -0.3 is 20.5 Å². The minimum atomic E-state index is -1.00. The quantitative estimate of drug-likeness (QED) is 0.617. The molecular formula is C23H26F2N4O2. The molecule has 2 heterocycles. The zero-order valence-electron chi connectivity index (χ0n) is 17.9. The van der Waals surface area contributed by atoms with Crippen LogP contribution in [0.25, 0.3) is 11.1 Å². The van der Waals surface area contributed by atoms with Gasteiger partial charge in [-0.15, -0.1) is 0 Å². The Hall–Kier alpha value is -3.00. The number of hydrogen-bond donors (Lipinski definition) is 3. The van der Waals surface area contributed by atoms with E-state index in [9.17, 15) is 18.4 Å². The molecule has 0 saturated carbocycles. The summed E-state index contributed by atoms with van der Waals surface area (Å²) in [5.74, 6) is -2.53. The van der Waals surface area contributed by atoms with Crippen LogP contribution in [-0.2, 0) is 11.2 Å². The number of fused-ring (bicyclic) bond motifs is 2. The lowest BCUT2D eigenvalue weighted by atomic mass is 9.99. The highest BCUT2D eigenvalue weighted by atomic mass is 19.2. The highest BCUT2D eigenvalue weighted by molar-refractivity contribution is 6.37. The number of halogens is 2. The van der Waals surface area contributed by atoms with E-state index in [1.54, 1.807) is 0 Å². The molecule has 4 rings (SSSR count). The summed E-state index contributed by atoms with van der Waals surface area (Å²) < 4.78 is 27.4. The number of aryl methyl sites for hydroxylation is 1. The zero-order valence-corrected chi connectivity index (χ0v) is 17.9. The number of nitrogens with one attached hydrogen (secondary N) is 3. The molecule has 2 amide bonds. The van der Waals surface area contributed by atoms with Crippen LogP contribution < -0.4 is 10.6 Å². The minimum absolute atomic E-state index is 0.141. The van der Waals surface area contributed by atoms with Gasteiger partial charge in [-0.1, -0.05) is 13.8 Å². The van der Waals surface area contributed by atoms with Crippen LogP contribution in [0.2, 0.25) is 0 Å². The minimum Gasteiger partial charge on any atom is -0.358 e. The van der Waals surface area contributed by atoms with Gasteiger partial charge in [0.25, 0.3) is 11.8 Å². The summed E-state index contributed by atoms with van der Waals surface area (Å²) >= 11 is 0. The predicted octanol–water partition coefficient (Wildman–Crippen LogP) is 3.48. The number of benzene rings is 1. The highest BCUT2D eigenvalue weighted by Crippen LogP contribution is 2.44. The van der Waals surface area contributed by atoms with Gasteiger partial charge in [0.15, 0.2) is 11.6 Å². The number of aromatic nitrogens is 1. The van der Waals surface area contributed by atoms with Gasteiger partial charge in [-0.25, -0.2) is 8.78 Å². The van der Waals surface area contributed by atoms with E-state index in [1.807, 2.05) is 6.92 Å². The van der Waals surface area contributed by atoms with E-state index in [1.165, 1.54) is 0 Å². The Morgan fingerprint density at radius 1 is 1.16 bits per heavy atom. The van der Waals surface area contributed by atoms with Crippen LogP contribution in [0, 0.1) is 18.6 Å². The fraction of sp³-hybridized carbons (Fsp3) is 0.391. The largest absolute Gasteiger partial charge is 0.358 e. The molecule has 1 aliphatic carbocycles. The maximum Gasteiger partial charge on any atom is 0.256 e. The Kier molecular flexibility index (Phi) is 5.66. The Morgan fingerprint density at radius 2 is 1.87 bits per heavy atom. The second-order valence-corrected chi connectivity index (χ2v) is 7.88. The van der Waals surface area contributed by atoms with Crippen LogP contribution in [-0.4, -0.2) is 47.9 Å². The van der Waals surface area contributed by atoms with E-state index in [4.69, 9.17) is 0 Å². The first-order chi connectivity index (χ1) is 14.8. The number of aromatic amines is 1. The van der Waals surface area contributed by atoms with Gasteiger partial charge in [-0.05, 0) is 50.1 Å². The second-order valence-electron chi connectivity index (χ2n) is 7.88. The number of amides is 2. The van der Waals surface area contributed by atoms with Crippen molar-refractivity contribution in [3.8, 4) is 0 Å². The average molecular weight is 428 g/mol. The summed E-state index contributed by atoms with van der Waals surface area (Å²) in [4.78, 5) is 31.0. The molecule has 0 saturated heterocycles. The summed E-state index contributed by atoms with van der Waals surface area (Å²) in [7, 11) is 0. The third-order valence-electron chi connectivity index (χ3n) is 6.16. The van der Waals surface area contributed by atoms with Crippen molar-refractivity contribution >= 4 is 28.6 Å². The van der Waals surface area contributed by atoms with Crippen LogP contribution in [0.15, 0.2) is 12.1 Å². The van der Waals surface area contributed by atoms with Gasteiger partial charge in [0.05, 0.1) is 16.8 Å². The monoisotopic (exact) mass is 428 g/mol. The Bertz CT molecular complexity index is 1100. The summed E-state index contributed by atoms with van der Waals surface area (Å²) in [6.07, 6.45) is 1.14. The fourth-order valence-electron chi connectivity index (χ4n) is 4.54. The molecule has 2 aliphatic rings. The normalized spacial score (nSPS) is 17.2. The van der Waals surface area contributed by atoms with E-state index < -0.39 is 11.6 Å². The van der Waals surface area contributed by atoms with Crippen LogP contribution in [0.1, 0.15) is 53.1 Å². The van der Waals surface area contributed by atoms with Gasteiger partial charge in [-0.3, -0.25) is 9.59 Å². The van der Waals surface area contributed by atoms with E-state index >= 15 is 0 Å². The van der Waals surface area contributed by atoms with Crippen LogP contribution in [0.3, 0.4) is 0 Å². The smallest absolute Gasteiger partial charge is 0.256 e. The SMILES string of the molecule is CCN(CC)CCNC(=O)c1c(C)[nH]c2c1CC/C2=C1/C(=O)Nc2cc(F)c(F)cc21.